The molecule has 0 amide bonds. The minimum absolute atomic E-state index is 0.143. The van der Waals surface area contributed by atoms with Crippen LogP contribution in [0.5, 0.6) is 11.5 Å². The summed E-state index contributed by atoms with van der Waals surface area (Å²) in [6.45, 7) is 7.08. The number of ether oxygens (including phenoxy) is 3. The molecule has 182 valence electrons. The van der Waals surface area contributed by atoms with Crippen LogP contribution in [-0.4, -0.2) is 32.2 Å². The molecule has 0 fully saturated rings. The highest BCUT2D eigenvalue weighted by atomic mass is 16.7. The van der Waals surface area contributed by atoms with E-state index in [1.165, 1.54) is 16.7 Å². The van der Waals surface area contributed by atoms with E-state index >= 15 is 0 Å². The third kappa shape index (κ3) is 6.85. The number of hydrogen-bond donors (Lipinski definition) is 1. The molecule has 1 aliphatic rings. The molecule has 2 aromatic carbocycles. The van der Waals surface area contributed by atoms with Crippen molar-refractivity contribution in [2.45, 2.75) is 51.2 Å². The topological polar surface area (TPSA) is 47.9 Å². The van der Waals surface area contributed by atoms with Crippen LogP contribution in [0, 0.1) is 5.92 Å². The van der Waals surface area contributed by atoms with Gasteiger partial charge >= 0.3 is 0 Å². The first-order valence-corrected chi connectivity index (χ1v) is 12.2. The van der Waals surface area contributed by atoms with Gasteiger partial charge in [-0.2, -0.15) is 0 Å². The lowest BCUT2D eigenvalue weighted by atomic mass is 9.69. The van der Waals surface area contributed by atoms with Crippen LogP contribution in [-0.2, 0) is 15.9 Å². The zero-order valence-electron chi connectivity index (χ0n) is 20.7. The fourth-order valence-corrected chi connectivity index (χ4v) is 4.74. The van der Waals surface area contributed by atoms with E-state index in [9.17, 15) is 5.11 Å². The first-order valence-electron chi connectivity index (χ1n) is 12.2. The molecule has 0 spiro atoms. The molecule has 0 saturated heterocycles. The molecule has 0 radical (unpaired) electrons. The molecular formula is C30H38O4. The van der Waals surface area contributed by atoms with Gasteiger partial charge in [-0.3, -0.25) is 0 Å². The summed E-state index contributed by atoms with van der Waals surface area (Å²) in [5, 5.41) is 10.0. The van der Waals surface area contributed by atoms with Gasteiger partial charge in [-0.15, -0.1) is 0 Å². The number of fused-ring (bicyclic) bond motifs is 1. The Labute approximate surface area is 204 Å². The number of phenols is 1. The lowest BCUT2D eigenvalue weighted by molar-refractivity contribution is -0.107. The Kier molecular flexibility index (Phi) is 9.99. The maximum atomic E-state index is 10.0. The van der Waals surface area contributed by atoms with Gasteiger partial charge in [0.1, 0.15) is 11.5 Å². The second-order valence-corrected chi connectivity index (χ2v) is 8.78. The second-order valence-electron chi connectivity index (χ2n) is 8.78. The smallest absolute Gasteiger partial charge is 0.156 e. The van der Waals surface area contributed by atoms with Crippen LogP contribution in [0.1, 0.15) is 55.2 Å². The van der Waals surface area contributed by atoms with Crippen LogP contribution >= 0.6 is 0 Å². The summed E-state index contributed by atoms with van der Waals surface area (Å²) in [5.74, 6) is 1.71. The molecule has 0 aliphatic heterocycles. The molecule has 1 aliphatic carbocycles. The van der Waals surface area contributed by atoms with Crippen molar-refractivity contribution in [1.82, 2.24) is 0 Å². The molecular weight excluding hydrogens is 424 g/mol. The summed E-state index contributed by atoms with van der Waals surface area (Å²) in [7, 11) is 3.33. The van der Waals surface area contributed by atoms with Crippen molar-refractivity contribution in [3.8, 4) is 11.5 Å². The van der Waals surface area contributed by atoms with Crippen molar-refractivity contribution in [2.24, 2.45) is 5.92 Å². The van der Waals surface area contributed by atoms with Crippen LogP contribution in [0.3, 0.4) is 0 Å². The van der Waals surface area contributed by atoms with E-state index in [0.717, 1.165) is 43.4 Å². The molecule has 4 nitrogen and oxygen atoms in total. The Hall–Kier alpha value is -2.82. The Morgan fingerprint density at radius 2 is 1.85 bits per heavy atom. The van der Waals surface area contributed by atoms with Crippen molar-refractivity contribution in [2.75, 3.05) is 20.8 Å². The van der Waals surface area contributed by atoms with E-state index in [1.807, 2.05) is 25.1 Å². The minimum atomic E-state index is -0.143. The maximum absolute atomic E-state index is 10.0. The van der Waals surface area contributed by atoms with Gasteiger partial charge in [0.2, 0.25) is 0 Å². The van der Waals surface area contributed by atoms with Crippen LogP contribution < -0.4 is 4.74 Å². The molecule has 4 heteroatoms. The molecule has 0 bridgehead atoms. The van der Waals surface area contributed by atoms with Gasteiger partial charge in [-0.1, -0.05) is 54.7 Å². The lowest BCUT2D eigenvalue weighted by Crippen LogP contribution is -2.22. The zero-order chi connectivity index (χ0) is 24.3. The third-order valence-corrected chi connectivity index (χ3v) is 6.55. The van der Waals surface area contributed by atoms with Gasteiger partial charge in [0.15, 0.2) is 6.29 Å². The molecule has 2 atom stereocenters. The largest absolute Gasteiger partial charge is 0.508 e. The lowest BCUT2D eigenvalue weighted by Gasteiger charge is -2.35. The van der Waals surface area contributed by atoms with Crippen molar-refractivity contribution in [3.05, 3.63) is 95.6 Å². The van der Waals surface area contributed by atoms with Gasteiger partial charge in [-0.25, -0.2) is 0 Å². The number of benzene rings is 2. The molecule has 1 N–H and O–H groups in total. The highest BCUT2D eigenvalue weighted by Crippen LogP contribution is 2.45. The fraction of sp³-hybridized carbons (Fsp3) is 0.400. The molecule has 0 aromatic heterocycles. The van der Waals surface area contributed by atoms with Crippen molar-refractivity contribution >= 4 is 0 Å². The Balaban J connectivity index is 1.72. The van der Waals surface area contributed by atoms with Crippen LogP contribution in [0.15, 0.2) is 78.9 Å². The predicted molar refractivity (Wildman–Crippen MR) is 138 cm³/mol. The summed E-state index contributed by atoms with van der Waals surface area (Å²) >= 11 is 0. The average Bonchev–Trinajstić information content (AvgIpc) is 2.86. The zero-order valence-corrected chi connectivity index (χ0v) is 20.7. The number of aryl methyl sites for hydroxylation is 1. The summed E-state index contributed by atoms with van der Waals surface area (Å²) < 4.78 is 16.4. The molecule has 0 unspecified atom stereocenters. The van der Waals surface area contributed by atoms with Gasteiger partial charge in [0.25, 0.3) is 0 Å². The molecule has 3 rings (SSSR count). The SMILES string of the molecule is C=C(/C=C\C=C/C)[C@H]1CCc2cc(O)ccc2[C@H]1c1ccc(OCCCCC(OC)OC)cc1. The fourth-order valence-electron chi connectivity index (χ4n) is 4.74. The van der Waals surface area contributed by atoms with Gasteiger partial charge in [-0.05, 0) is 85.9 Å². The summed E-state index contributed by atoms with van der Waals surface area (Å²) in [5.41, 5.74) is 4.87. The first-order chi connectivity index (χ1) is 16.6. The molecule has 0 saturated carbocycles. The van der Waals surface area contributed by atoms with E-state index < -0.39 is 0 Å². The number of aromatic hydroxyl groups is 1. The normalized spacial score (nSPS) is 18.0. The average molecular weight is 463 g/mol. The summed E-state index contributed by atoms with van der Waals surface area (Å²) in [6, 6.07) is 14.2. The highest BCUT2D eigenvalue weighted by Gasteiger charge is 2.32. The summed E-state index contributed by atoms with van der Waals surface area (Å²) in [4.78, 5) is 0. The van der Waals surface area contributed by atoms with E-state index in [0.29, 0.717) is 18.3 Å². The number of methoxy groups -OCH3 is 2. The van der Waals surface area contributed by atoms with Crippen LogP contribution in [0.4, 0.5) is 0 Å². The van der Waals surface area contributed by atoms with Gasteiger partial charge < -0.3 is 19.3 Å². The van der Waals surface area contributed by atoms with Gasteiger partial charge in [0, 0.05) is 20.1 Å². The standard InChI is InChI=1S/C30H38O4/c1-5-6-7-10-22(2)27-18-14-24-21-25(31)15-19-28(24)30(27)23-12-16-26(17-13-23)34-20-9-8-11-29(32-3)33-4/h5-7,10,12-13,15-17,19,21,27,29-31H,2,8-9,11,14,18,20H2,1,3-4H3/b6-5-,10-7-/t27-,30+/m1/s1. The monoisotopic (exact) mass is 462 g/mol. The molecule has 34 heavy (non-hydrogen) atoms. The number of hydrogen-bond acceptors (Lipinski definition) is 4. The van der Waals surface area contributed by atoms with Crippen molar-refractivity contribution in [3.63, 3.8) is 0 Å². The summed E-state index contributed by atoms with van der Waals surface area (Å²) in [6.07, 6.45) is 12.8. The van der Waals surface area contributed by atoms with Gasteiger partial charge in [0.05, 0.1) is 6.61 Å². The van der Waals surface area contributed by atoms with Crippen molar-refractivity contribution < 1.29 is 19.3 Å². The minimum Gasteiger partial charge on any atom is -0.508 e. The number of allylic oxidation sites excluding steroid dienone is 5. The van der Waals surface area contributed by atoms with E-state index in [4.69, 9.17) is 14.2 Å². The number of unbranched alkanes of at least 4 members (excludes halogenated alkanes) is 1. The number of phenolic OH excluding ortho intramolecular Hbond substituents is 1. The Morgan fingerprint density at radius 1 is 1.09 bits per heavy atom. The highest BCUT2D eigenvalue weighted by molar-refractivity contribution is 5.47. The quantitative estimate of drug-likeness (QED) is 0.211. The van der Waals surface area contributed by atoms with E-state index in [-0.39, 0.29) is 12.2 Å². The third-order valence-electron chi connectivity index (χ3n) is 6.55. The molecule has 0 heterocycles. The van der Waals surface area contributed by atoms with Crippen LogP contribution in [0.25, 0.3) is 0 Å². The van der Waals surface area contributed by atoms with E-state index in [2.05, 4.69) is 49.1 Å². The Morgan fingerprint density at radius 3 is 2.56 bits per heavy atom. The first kappa shape index (κ1) is 25.8. The predicted octanol–water partition coefficient (Wildman–Crippen LogP) is 6.94. The Bertz CT molecular complexity index is 970. The number of rotatable bonds is 12. The van der Waals surface area contributed by atoms with Crippen molar-refractivity contribution in [1.29, 1.82) is 0 Å². The van der Waals surface area contributed by atoms with Crippen LogP contribution in [0.2, 0.25) is 0 Å². The molecule has 2 aromatic rings. The van der Waals surface area contributed by atoms with E-state index in [1.54, 1.807) is 20.3 Å². The maximum Gasteiger partial charge on any atom is 0.156 e. The second kappa shape index (κ2) is 13.2.